The molecule has 0 aromatic rings. The minimum Gasteiger partial charge on any atom is -0.481 e. The Morgan fingerprint density at radius 2 is 1.81 bits per heavy atom. The zero-order valence-corrected chi connectivity index (χ0v) is 13.0. The average molecular weight is 298 g/mol. The van der Waals surface area contributed by atoms with Gasteiger partial charge in [0, 0.05) is 45.8 Å². The highest BCUT2D eigenvalue weighted by Crippen LogP contribution is 2.45. The highest BCUT2D eigenvalue weighted by molar-refractivity contribution is 5.80. The van der Waals surface area contributed by atoms with Crippen LogP contribution in [0.4, 0.5) is 4.79 Å². The van der Waals surface area contributed by atoms with Crippen molar-refractivity contribution in [3.8, 4) is 0 Å². The third-order valence-corrected chi connectivity index (χ3v) is 4.41. The van der Waals surface area contributed by atoms with Crippen LogP contribution in [-0.2, 0) is 4.79 Å². The summed E-state index contributed by atoms with van der Waals surface area (Å²) in [5.41, 5.74) is -0.691. The molecule has 0 atom stereocenters. The smallest absolute Gasteiger partial charge is 0.317 e. The van der Waals surface area contributed by atoms with E-state index in [1.807, 2.05) is 0 Å². The molecule has 2 fully saturated rings. The third-order valence-electron chi connectivity index (χ3n) is 4.41. The first-order chi connectivity index (χ1) is 9.93. The van der Waals surface area contributed by atoms with Crippen LogP contribution in [0.1, 0.15) is 12.8 Å². The van der Waals surface area contributed by atoms with Crippen LogP contribution in [0, 0.1) is 5.41 Å². The predicted molar refractivity (Wildman–Crippen MR) is 79.3 cm³/mol. The van der Waals surface area contributed by atoms with Crippen LogP contribution in [0.5, 0.6) is 0 Å². The van der Waals surface area contributed by atoms with Gasteiger partial charge in [-0.25, -0.2) is 4.79 Å². The van der Waals surface area contributed by atoms with Crippen molar-refractivity contribution in [1.82, 2.24) is 20.0 Å². The monoisotopic (exact) mass is 298 g/mol. The number of piperazine rings is 1. The van der Waals surface area contributed by atoms with E-state index in [0.717, 1.165) is 26.2 Å². The molecule has 2 rings (SSSR count). The third kappa shape index (κ3) is 4.31. The van der Waals surface area contributed by atoms with Gasteiger partial charge in [0.1, 0.15) is 0 Å². The summed E-state index contributed by atoms with van der Waals surface area (Å²) >= 11 is 0. The molecule has 0 aromatic carbocycles. The molecule has 7 heteroatoms. The Labute approximate surface area is 125 Å². The lowest BCUT2D eigenvalue weighted by Gasteiger charge is -2.35. The van der Waals surface area contributed by atoms with Gasteiger partial charge in [-0.2, -0.15) is 0 Å². The highest BCUT2D eigenvalue weighted by atomic mass is 16.4. The molecule has 21 heavy (non-hydrogen) atoms. The number of amides is 2. The maximum absolute atomic E-state index is 12.1. The number of hydrogen-bond acceptors (Lipinski definition) is 4. The van der Waals surface area contributed by atoms with Gasteiger partial charge in [0.15, 0.2) is 0 Å². The van der Waals surface area contributed by atoms with Crippen LogP contribution in [0.3, 0.4) is 0 Å². The van der Waals surface area contributed by atoms with Crippen LogP contribution in [-0.4, -0.2) is 91.7 Å². The summed E-state index contributed by atoms with van der Waals surface area (Å²) in [6.07, 6.45) is 1.34. The Morgan fingerprint density at radius 1 is 1.19 bits per heavy atom. The zero-order chi connectivity index (χ0) is 15.5. The van der Waals surface area contributed by atoms with E-state index < -0.39 is 11.4 Å². The summed E-state index contributed by atoms with van der Waals surface area (Å²) in [4.78, 5) is 29.4. The molecule has 1 heterocycles. The lowest BCUT2D eigenvalue weighted by Crippen LogP contribution is -2.53. The highest BCUT2D eigenvalue weighted by Gasteiger charge is 2.50. The van der Waals surface area contributed by atoms with Crippen LogP contribution in [0.25, 0.3) is 0 Å². The molecule has 120 valence electrons. The Kier molecular flexibility index (Phi) is 5.05. The van der Waals surface area contributed by atoms with Gasteiger partial charge < -0.3 is 20.2 Å². The van der Waals surface area contributed by atoms with Crippen molar-refractivity contribution in [3.63, 3.8) is 0 Å². The van der Waals surface area contributed by atoms with Gasteiger partial charge in [-0.15, -0.1) is 0 Å². The van der Waals surface area contributed by atoms with E-state index in [9.17, 15) is 9.59 Å². The second kappa shape index (κ2) is 6.62. The molecule has 2 amide bonds. The van der Waals surface area contributed by atoms with Crippen molar-refractivity contribution in [2.24, 2.45) is 5.41 Å². The Morgan fingerprint density at radius 3 is 2.29 bits per heavy atom. The first kappa shape index (κ1) is 16.0. The number of carbonyl (C=O) groups excluding carboxylic acids is 1. The standard InChI is InChI=1S/C14H26N4O3/c1-16(2)5-6-17-7-9-18(10-8-17)13(21)15-11-14(3-4-14)12(19)20/h3-11H2,1-2H3,(H,15,21)(H,19,20). The van der Waals surface area contributed by atoms with Crippen LogP contribution >= 0.6 is 0 Å². The normalized spacial score (nSPS) is 21.4. The second-order valence-corrected chi connectivity index (χ2v) is 6.38. The lowest BCUT2D eigenvalue weighted by molar-refractivity contribution is -0.143. The molecule has 0 spiro atoms. The fraction of sp³-hybridized carbons (Fsp3) is 0.857. The number of carboxylic acid groups (broad SMARTS) is 1. The number of nitrogens with zero attached hydrogens (tertiary/aromatic N) is 3. The number of carbonyl (C=O) groups is 2. The molecule has 1 aliphatic carbocycles. The maximum Gasteiger partial charge on any atom is 0.317 e. The van der Waals surface area contributed by atoms with Crippen molar-refractivity contribution in [3.05, 3.63) is 0 Å². The lowest BCUT2D eigenvalue weighted by atomic mass is 10.1. The summed E-state index contributed by atoms with van der Waals surface area (Å²) in [7, 11) is 4.11. The fourth-order valence-electron chi connectivity index (χ4n) is 2.49. The molecule has 1 saturated heterocycles. The number of aliphatic carboxylic acids is 1. The van der Waals surface area contributed by atoms with Crippen LogP contribution in [0.15, 0.2) is 0 Å². The van der Waals surface area contributed by atoms with Gasteiger partial charge in [0.2, 0.25) is 0 Å². The van der Waals surface area contributed by atoms with E-state index in [1.54, 1.807) is 4.90 Å². The number of nitrogens with one attached hydrogen (secondary N) is 1. The molecule has 2 aliphatic rings. The van der Waals surface area contributed by atoms with Crippen LogP contribution < -0.4 is 5.32 Å². The summed E-state index contributed by atoms with van der Waals surface area (Å²) < 4.78 is 0. The number of rotatable bonds is 6. The van der Waals surface area contributed by atoms with Crippen LogP contribution in [0.2, 0.25) is 0 Å². The molecule has 1 saturated carbocycles. The molecular formula is C14H26N4O3. The Hall–Kier alpha value is -1.34. The second-order valence-electron chi connectivity index (χ2n) is 6.38. The minimum absolute atomic E-state index is 0.130. The average Bonchev–Trinajstić information content (AvgIpc) is 3.24. The SMILES string of the molecule is CN(C)CCN1CCN(C(=O)NCC2(C(=O)O)CC2)CC1. The van der Waals surface area contributed by atoms with E-state index in [2.05, 4.69) is 29.2 Å². The largest absolute Gasteiger partial charge is 0.481 e. The number of likely N-dealkylation sites (N-methyl/N-ethyl adjacent to an activating group) is 1. The van der Waals surface area contributed by atoms with Gasteiger partial charge in [0.05, 0.1) is 5.41 Å². The molecule has 0 bridgehead atoms. The molecule has 0 radical (unpaired) electrons. The molecule has 2 N–H and O–H groups in total. The summed E-state index contributed by atoms with van der Waals surface area (Å²) in [5, 5.41) is 11.9. The van der Waals surface area contributed by atoms with Gasteiger partial charge >= 0.3 is 12.0 Å². The molecule has 0 aromatic heterocycles. The van der Waals surface area contributed by atoms with E-state index in [-0.39, 0.29) is 12.6 Å². The van der Waals surface area contributed by atoms with Crippen molar-refractivity contribution in [2.45, 2.75) is 12.8 Å². The summed E-state index contributed by atoms with van der Waals surface area (Å²) in [6, 6.07) is -0.130. The van der Waals surface area contributed by atoms with Gasteiger partial charge in [-0.1, -0.05) is 0 Å². The van der Waals surface area contributed by atoms with Gasteiger partial charge in [-0.3, -0.25) is 9.69 Å². The summed E-state index contributed by atoms with van der Waals surface area (Å²) in [6.45, 7) is 5.47. The minimum atomic E-state index is -0.795. The maximum atomic E-state index is 12.1. The molecule has 0 unspecified atom stereocenters. The van der Waals surface area contributed by atoms with E-state index in [1.165, 1.54) is 0 Å². The van der Waals surface area contributed by atoms with Crippen molar-refractivity contribution in [2.75, 3.05) is 59.9 Å². The van der Waals surface area contributed by atoms with Crippen molar-refractivity contribution >= 4 is 12.0 Å². The topological polar surface area (TPSA) is 76.1 Å². The zero-order valence-electron chi connectivity index (χ0n) is 13.0. The first-order valence-electron chi connectivity index (χ1n) is 7.56. The van der Waals surface area contributed by atoms with E-state index in [0.29, 0.717) is 25.9 Å². The van der Waals surface area contributed by atoms with Gasteiger partial charge in [0.25, 0.3) is 0 Å². The number of carboxylic acids is 1. The number of urea groups is 1. The predicted octanol–water partition coefficient (Wildman–Crippen LogP) is -0.260. The van der Waals surface area contributed by atoms with Crippen molar-refractivity contribution < 1.29 is 14.7 Å². The Balaban J connectivity index is 1.67. The first-order valence-corrected chi connectivity index (χ1v) is 7.56. The summed E-state index contributed by atoms with van der Waals surface area (Å²) in [5.74, 6) is -0.795. The molecule has 7 nitrogen and oxygen atoms in total. The van der Waals surface area contributed by atoms with Crippen molar-refractivity contribution in [1.29, 1.82) is 0 Å². The Bertz CT molecular complexity index is 388. The quantitative estimate of drug-likeness (QED) is 0.706. The van der Waals surface area contributed by atoms with Gasteiger partial charge in [-0.05, 0) is 26.9 Å². The molecular weight excluding hydrogens is 272 g/mol. The number of hydrogen-bond donors (Lipinski definition) is 2. The van der Waals surface area contributed by atoms with E-state index in [4.69, 9.17) is 5.11 Å². The van der Waals surface area contributed by atoms with E-state index >= 15 is 0 Å². The molecule has 1 aliphatic heterocycles. The fourth-order valence-corrected chi connectivity index (χ4v) is 2.49.